The number of hydrogen-bond acceptors (Lipinski definition) is 4. The Morgan fingerprint density at radius 1 is 1.03 bits per heavy atom. The van der Waals surface area contributed by atoms with Gasteiger partial charge in [-0.2, -0.15) is 0 Å². The topological polar surface area (TPSA) is 67.9 Å². The molecular formula is C24H30F3N3O2. The minimum absolute atomic E-state index is 0.0349. The van der Waals surface area contributed by atoms with E-state index < -0.39 is 17.8 Å². The second kappa shape index (κ2) is 9.32. The minimum atomic E-state index is -4.46. The van der Waals surface area contributed by atoms with E-state index >= 15 is 0 Å². The maximum atomic E-state index is 13.2. The number of guanidine groups is 1. The molecule has 2 N–H and O–H groups in total. The van der Waals surface area contributed by atoms with Crippen LogP contribution in [0.25, 0.3) is 0 Å². The molecule has 8 heteroatoms. The van der Waals surface area contributed by atoms with Crippen LogP contribution in [-0.4, -0.2) is 37.3 Å². The molecule has 0 unspecified atom stereocenters. The fraction of sp³-hybridized carbons (Fsp3) is 0.417. The van der Waals surface area contributed by atoms with Gasteiger partial charge in [-0.05, 0) is 29.0 Å². The number of methoxy groups -OCH3 is 1. The van der Waals surface area contributed by atoms with Crippen LogP contribution >= 0.6 is 0 Å². The van der Waals surface area contributed by atoms with Crippen LogP contribution in [-0.2, 0) is 20.5 Å². The van der Waals surface area contributed by atoms with Crippen LogP contribution in [0, 0.1) is 0 Å². The lowest BCUT2D eigenvalue weighted by atomic mass is 9.74. The van der Waals surface area contributed by atoms with Crippen molar-refractivity contribution in [3.05, 3.63) is 71.3 Å². The molecule has 2 aromatic carbocycles. The van der Waals surface area contributed by atoms with E-state index in [-0.39, 0.29) is 17.3 Å². The first-order chi connectivity index (χ1) is 14.7. The van der Waals surface area contributed by atoms with Crippen molar-refractivity contribution in [3.63, 3.8) is 0 Å². The smallest absolute Gasteiger partial charge is 0.369 e. The van der Waals surface area contributed by atoms with Crippen LogP contribution < -0.4 is 5.73 Å². The molecule has 0 spiro atoms. The Kier molecular flexibility index (Phi) is 7.40. The van der Waals surface area contributed by atoms with E-state index in [1.54, 1.807) is 7.05 Å². The molecule has 0 saturated carbocycles. The number of alkyl halides is 3. The Bertz CT molecular complexity index is 951. The normalized spacial score (nSPS) is 21.5. The van der Waals surface area contributed by atoms with Gasteiger partial charge in [0.2, 0.25) is 5.91 Å². The summed E-state index contributed by atoms with van der Waals surface area (Å²) < 4.78 is 34.6. The van der Waals surface area contributed by atoms with Crippen LogP contribution in [0.3, 0.4) is 0 Å². The van der Waals surface area contributed by atoms with Crippen molar-refractivity contribution in [1.29, 1.82) is 0 Å². The molecule has 1 amide bonds. The Labute approximate surface area is 187 Å². The molecule has 3 rings (SSSR count). The van der Waals surface area contributed by atoms with Gasteiger partial charge in [-0.3, -0.25) is 14.4 Å². The number of likely N-dealkylation sites (N-methyl/N-ethyl adjacent to an activating group) is 1. The zero-order chi connectivity index (χ0) is 24.3. The summed E-state index contributed by atoms with van der Waals surface area (Å²) in [5.74, 6) is -0.201. The van der Waals surface area contributed by atoms with Crippen LogP contribution in [0.4, 0.5) is 13.2 Å². The zero-order valence-corrected chi connectivity index (χ0v) is 19.2. The van der Waals surface area contributed by atoms with E-state index in [4.69, 9.17) is 10.7 Å². The molecule has 1 heterocycles. The lowest BCUT2D eigenvalue weighted by Crippen LogP contribution is -2.52. The maximum Gasteiger partial charge on any atom is 0.522 e. The third-order valence-electron chi connectivity index (χ3n) is 5.53. The van der Waals surface area contributed by atoms with E-state index in [0.717, 1.165) is 11.1 Å². The molecule has 0 fully saturated rings. The van der Waals surface area contributed by atoms with E-state index in [1.807, 2.05) is 37.3 Å². The summed E-state index contributed by atoms with van der Waals surface area (Å²) in [6.45, 7) is 8.53. The Morgan fingerprint density at radius 2 is 1.53 bits per heavy atom. The predicted octanol–water partition coefficient (Wildman–Crippen LogP) is 4.92. The number of halogens is 3. The highest BCUT2D eigenvalue weighted by Gasteiger charge is 2.47. The summed E-state index contributed by atoms with van der Waals surface area (Å²) in [7, 11) is 2.27. The summed E-state index contributed by atoms with van der Waals surface area (Å²) in [5.41, 5.74) is 8.56. The number of rotatable bonds is 2. The fourth-order valence-corrected chi connectivity index (χ4v) is 3.57. The fourth-order valence-electron chi connectivity index (χ4n) is 3.57. The van der Waals surface area contributed by atoms with Crippen molar-refractivity contribution in [2.45, 2.75) is 50.9 Å². The number of carbonyl (C=O) groups is 1. The molecular weight excluding hydrogens is 419 g/mol. The summed E-state index contributed by atoms with van der Waals surface area (Å²) in [6.07, 6.45) is -4.46. The Balaban J connectivity index is 0.000000534. The Hall–Kier alpha value is -2.87. The molecule has 0 radical (unpaired) electrons. The number of ether oxygens (including phenoxy) is 1. The van der Waals surface area contributed by atoms with Crippen LogP contribution in [0.2, 0.25) is 0 Å². The molecule has 0 bridgehead atoms. The van der Waals surface area contributed by atoms with Gasteiger partial charge in [0.05, 0.1) is 5.92 Å². The highest BCUT2D eigenvalue weighted by atomic mass is 19.4. The van der Waals surface area contributed by atoms with Gasteiger partial charge in [0.25, 0.3) is 0 Å². The average molecular weight is 450 g/mol. The van der Waals surface area contributed by atoms with Crippen molar-refractivity contribution in [3.8, 4) is 0 Å². The quantitative estimate of drug-likeness (QED) is 0.708. The molecule has 1 aliphatic heterocycles. The number of nitrogens with zero attached hydrogens (tertiary/aromatic N) is 2. The van der Waals surface area contributed by atoms with E-state index in [9.17, 15) is 18.0 Å². The first kappa shape index (κ1) is 25.4. The summed E-state index contributed by atoms with van der Waals surface area (Å²) >= 11 is 0. The van der Waals surface area contributed by atoms with Crippen molar-refractivity contribution in [2.24, 2.45) is 10.7 Å². The number of carbonyl (C=O) groups excluding carboxylic acids is 1. The van der Waals surface area contributed by atoms with Gasteiger partial charge >= 0.3 is 6.36 Å². The van der Waals surface area contributed by atoms with E-state index in [0.29, 0.717) is 7.11 Å². The maximum absolute atomic E-state index is 13.2. The van der Waals surface area contributed by atoms with Gasteiger partial charge in [-0.1, -0.05) is 75.4 Å². The first-order valence-corrected chi connectivity index (χ1v) is 10.1. The van der Waals surface area contributed by atoms with Gasteiger partial charge in [0.15, 0.2) is 5.96 Å². The van der Waals surface area contributed by atoms with Crippen molar-refractivity contribution < 1.29 is 22.7 Å². The molecule has 0 aromatic heterocycles. The van der Waals surface area contributed by atoms with Gasteiger partial charge in [0, 0.05) is 14.2 Å². The molecule has 174 valence electrons. The SMILES string of the molecule is CN1C(=O)[C@@H](c2ccc(C(C)(C)C)cc2)[C@@](C)(c2ccccc2)N=C1N.COC(F)(F)F. The third-order valence-corrected chi connectivity index (χ3v) is 5.53. The van der Waals surface area contributed by atoms with Crippen LogP contribution in [0.5, 0.6) is 0 Å². The second-order valence-corrected chi connectivity index (χ2v) is 8.84. The van der Waals surface area contributed by atoms with Crippen LogP contribution in [0.1, 0.15) is 50.3 Å². The van der Waals surface area contributed by atoms with E-state index in [1.165, 1.54) is 10.5 Å². The van der Waals surface area contributed by atoms with Crippen molar-refractivity contribution >= 4 is 11.9 Å². The highest BCUT2D eigenvalue weighted by Crippen LogP contribution is 2.44. The largest absolute Gasteiger partial charge is 0.522 e. The summed E-state index contributed by atoms with van der Waals surface area (Å²) in [6, 6.07) is 18.2. The lowest BCUT2D eigenvalue weighted by molar-refractivity contribution is -0.311. The molecule has 2 atom stereocenters. The summed E-state index contributed by atoms with van der Waals surface area (Å²) in [5, 5.41) is 0. The van der Waals surface area contributed by atoms with Gasteiger partial charge in [-0.15, -0.1) is 13.2 Å². The predicted molar refractivity (Wildman–Crippen MR) is 119 cm³/mol. The molecule has 5 nitrogen and oxygen atoms in total. The molecule has 0 aliphatic carbocycles. The zero-order valence-electron chi connectivity index (χ0n) is 19.2. The van der Waals surface area contributed by atoms with Gasteiger partial charge in [-0.25, -0.2) is 4.99 Å². The van der Waals surface area contributed by atoms with Crippen LogP contribution in [0.15, 0.2) is 59.6 Å². The molecule has 32 heavy (non-hydrogen) atoms. The monoisotopic (exact) mass is 449 g/mol. The van der Waals surface area contributed by atoms with Gasteiger partial charge in [0.1, 0.15) is 5.54 Å². The number of amides is 1. The third kappa shape index (κ3) is 5.68. The van der Waals surface area contributed by atoms with E-state index in [2.05, 4.69) is 49.8 Å². The minimum Gasteiger partial charge on any atom is -0.369 e. The van der Waals surface area contributed by atoms with Gasteiger partial charge < -0.3 is 5.73 Å². The van der Waals surface area contributed by atoms with Crippen molar-refractivity contribution in [2.75, 3.05) is 14.2 Å². The molecule has 0 saturated heterocycles. The second-order valence-electron chi connectivity index (χ2n) is 8.84. The number of nitrogens with two attached hydrogens (primary N) is 1. The Morgan fingerprint density at radius 3 is 1.97 bits per heavy atom. The average Bonchev–Trinajstić information content (AvgIpc) is 2.72. The molecule has 1 aliphatic rings. The highest BCUT2D eigenvalue weighted by molar-refractivity contribution is 6.02. The number of benzene rings is 2. The van der Waals surface area contributed by atoms with Crippen molar-refractivity contribution in [1.82, 2.24) is 4.90 Å². The molecule has 2 aromatic rings. The number of hydrogen-bond donors (Lipinski definition) is 1. The lowest BCUT2D eigenvalue weighted by Gasteiger charge is -2.41. The number of aliphatic imine (C=N–C) groups is 1. The first-order valence-electron chi connectivity index (χ1n) is 10.1. The summed E-state index contributed by atoms with van der Waals surface area (Å²) in [4.78, 5) is 19.4. The standard InChI is InChI=1S/C22H27N3O.C2H3F3O/c1-21(2,3)16-13-11-15(12-14-16)18-19(26)25(5)20(23)24-22(18,4)17-9-7-6-8-10-17;1-6-2(3,4)5/h6-14,18H,1-5H3,(H2,23,24);1H3/t18-,22-;/m1./s1.